The van der Waals surface area contributed by atoms with E-state index in [-0.39, 0.29) is 0 Å². The van der Waals surface area contributed by atoms with E-state index in [1.54, 1.807) is 0 Å². The zero-order chi connectivity index (χ0) is 14.7. The molecule has 3 aromatic rings. The van der Waals surface area contributed by atoms with E-state index in [0.29, 0.717) is 5.58 Å². The predicted octanol–water partition coefficient (Wildman–Crippen LogP) is 3.81. The van der Waals surface area contributed by atoms with Gasteiger partial charge in [-0.3, -0.25) is 0 Å². The maximum Gasteiger partial charge on any atom is 0.198 e. The lowest BCUT2D eigenvalue weighted by Gasteiger charge is -2.07. The Labute approximate surface area is 123 Å². The molecule has 0 aliphatic carbocycles. The van der Waals surface area contributed by atoms with Crippen LogP contribution in [0.15, 0.2) is 34.9 Å². The van der Waals surface area contributed by atoms with E-state index in [2.05, 4.69) is 27.6 Å². The van der Waals surface area contributed by atoms with E-state index in [9.17, 15) is 0 Å². The maximum absolute atomic E-state index is 5.49. The summed E-state index contributed by atoms with van der Waals surface area (Å²) in [7, 11) is 0. The van der Waals surface area contributed by atoms with Gasteiger partial charge in [0, 0.05) is 12.1 Å². The molecule has 5 nitrogen and oxygen atoms in total. The van der Waals surface area contributed by atoms with Gasteiger partial charge in [-0.15, -0.1) is 10.2 Å². The van der Waals surface area contributed by atoms with Gasteiger partial charge in [-0.25, -0.2) is 0 Å². The van der Waals surface area contributed by atoms with E-state index < -0.39 is 0 Å². The standard InChI is InChI=1S/C16H18N4O/c1-3-4-10-17-16-13-11(2)20-21-15(13)14(18-19-16)12-8-6-5-7-9-12/h5-9H,3-4,10H2,1-2H3,(H,17,19). The number of aromatic nitrogens is 3. The number of anilines is 1. The molecule has 21 heavy (non-hydrogen) atoms. The van der Waals surface area contributed by atoms with Gasteiger partial charge in [-0.05, 0) is 13.3 Å². The third-order valence-corrected chi connectivity index (χ3v) is 3.43. The smallest absolute Gasteiger partial charge is 0.198 e. The molecule has 2 aromatic heterocycles. The van der Waals surface area contributed by atoms with Crippen LogP contribution in [0.2, 0.25) is 0 Å². The quantitative estimate of drug-likeness (QED) is 0.721. The highest BCUT2D eigenvalue weighted by atomic mass is 16.5. The molecule has 0 radical (unpaired) electrons. The van der Waals surface area contributed by atoms with Gasteiger partial charge >= 0.3 is 0 Å². The van der Waals surface area contributed by atoms with Crippen molar-refractivity contribution in [2.24, 2.45) is 0 Å². The van der Waals surface area contributed by atoms with Crippen molar-refractivity contribution in [3.05, 3.63) is 36.0 Å². The molecule has 0 unspecified atom stereocenters. The van der Waals surface area contributed by atoms with Gasteiger partial charge < -0.3 is 9.84 Å². The molecule has 1 aromatic carbocycles. The second-order valence-corrected chi connectivity index (χ2v) is 5.02. The van der Waals surface area contributed by atoms with E-state index >= 15 is 0 Å². The van der Waals surface area contributed by atoms with Crippen LogP contribution in [0.3, 0.4) is 0 Å². The lowest BCUT2D eigenvalue weighted by atomic mass is 10.1. The zero-order valence-corrected chi connectivity index (χ0v) is 12.3. The summed E-state index contributed by atoms with van der Waals surface area (Å²) in [5, 5.41) is 17.0. The number of fused-ring (bicyclic) bond motifs is 1. The number of aryl methyl sites for hydroxylation is 1. The lowest BCUT2D eigenvalue weighted by molar-refractivity contribution is 0.450. The largest absolute Gasteiger partial charge is 0.368 e. The summed E-state index contributed by atoms with van der Waals surface area (Å²) in [6.45, 7) is 4.95. The van der Waals surface area contributed by atoms with Crippen molar-refractivity contribution in [1.82, 2.24) is 15.4 Å². The average Bonchev–Trinajstić information content (AvgIpc) is 2.91. The highest BCUT2D eigenvalue weighted by molar-refractivity contribution is 5.97. The van der Waals surface area contributed by atoms with E-state index in [1.165, 1.54) is 0 Å². The highest BCUT2D eigenvalue weighted by Gasteiger charge is 2.17. The summed E-state index contributed by atoms with van der Waals surface area (Å²) in [5.41, 5.74) is 3.22. The van der Waals surface area contributed by atoms with Crippen molar-refractivity contribution in [3.63, 3.8) is 0 Å². The van der Waals surface area contributed by atoms with E-state index in [4.69, 9.17) is 4.52 Å². The molecule has 0 saturated heterocycles. The fraction of sp³-hybridized carbons (Fsp3) is 0.312. The van der Waals surface area contributed by atoms with Gasteiger partial charge in [0.15, 0.2) is 11.4 Å². The van der Waals surface area contributed by atoms with Gasteiger partial charge in [0.1, 0.15) is 5.69 Å². The van der Waals surface area contributed by atoms with Gasteiger partial charge in [0.25, 0.3) is 0 Å². The first kappa shape index (κ1) is 13.5. The summed E-state index contributed by atoms with van der Waals surface area (Å²) in [6.07, 6.45) is 2.22. The topological polar surface area (TPSA) is 63.8 Å². The maximum atomic E-state index is 5.49. The number of benzene rings is 1. The van der Waals surface area contributed by atoms with Crippen LogP contribution >= 0.6 is 0 Å². The van der Waals surface area contributed by atoms with Gasteiger partial charge in [-0.2, -0.15) is 0 Å². The molecule has 0 saturated carbocycles. The molecule has 5 heteroatoms. The Hall–Kier alpha value is -2.43. The van der Waals surface area contributed by atoms with Crippen LogP contribution in [0.5, 0.6) is 0 Å². The number of hydrogen-bond donors (Lipinski definition) is 1. The lowest BCUT2D eigenvalue weighted by Crippen LogP contribution is -2.05. The van der Waals surface area contributed by atoms with Crippen LogP contribution in [0.25, 0.3) is 22.2 Å². The van der Waals surface area contributed by atoms with Crippen LogP contribution < -0.4 is 5.32 Å². The predicted molar refractivity (Wildman–Crippen MR) is 83.2 cm³/mol. The number of nitrogens with zero attached hydrogens (tertiary/aromatic N) is 3. The Kier molecular flexibility index (Phi) is 3.81. The highest BCUT2D eigenvalue weighted by Crippen LogP contribution is 2.31. The van der Waals surface area contributed by atoms with Crippen molar-refractivity contribution in [1.29, 1.82) is 0 Å². The number of nitrogens with one attached hydrogen (secondary N) is 1. The Bertz CT molecular complexity index is 737. The van der Waals surface area contributed by atoms with Gasteiger partial charge in [0.2, 0.25) is 0 Å². The summed E-state index contributed by atoms with van der Waals surface area (Å²) < 4.78 is 5.49. The Balaban J connectivity index is 2.07. The van der Waals surface area contributed by atoms with Crippen molar-refractivity contribution in [2.45, 2.75) is 26.7 Å². The summed E-state index contributed by atoms with van der Waals surface area (Å²) in [6, 6.07) is 9.90. The summed E-state index contributed by atoms with van der Waals surface area (Å²) in [5.74, 6) is 0.747. The molecule has 0 fully saturated rings. The second-order valence-electron chi connectivity index (χ2n) is 5.02. The number of rotatable bonds is 5. The molecular formula is C16H18N4O. The molecule has 1 N–H and O–H groups in total. The van der Waals surface area contributed by atoms with Crippen molar-refractivity contribution in [2.75, 3.05) is 11.9 Å². The zero-order valence-electron chi connectivity index (χ0n) is 12.3. The minimum Gasteiger partial charge on any atom is -0.368 e. The second kappa shape index (κ2) is 5.91. The molecule has 0 aliphatic rings. The normalized spacial score (nSPS) is 11.0. The van der Waals surface area contributed by atoms with Crippen LogP contribution in [0, 0.1) is 6.92 Å². The number of hydrogen-bond acceptors (Lipinski definition) is 5. The molecule has 0 spiro atoms. The van der Waals surface area contributed by atoms with Crippen LogP contribution in [-0.2, 0) is 0 Å². The number of unbranched alkanes of at least 4 members (excludes halogenated alkanes) is 1. The first-order chi connectivity index (χ1) is 10.3. The van der Waals surface area contributed by atoms with Crippen LogP contribution in [-0.4, -0.2) is 21.9 Å². The van der Waals surface area contributed by atoms with Crippen molar-refractivity contribution >= 4 is 16.8 Å². The van der Waals surface area contributed by atoms with Crippen molar-refractivity contribution in [3.8, 4) is 11.3 Å². The van der Waals surface area contributed by atoms with Crippen molar-refractivity contribution < 1.29 is 4.52 Å². The van der Waals surface area contributed by atoms with Gasteiger partial charge in [-0.1, -0.05) is 48.8 Å². The van der Waals surface area contributed by atoms with Gasteiger partial charge in [0.05, 0.1) is 11.1 Å². The SMILES string of the molecule is CCCCNc1nnc(-c2ccccc2)c2onc(C)c12. The molecule has 0 atom stereocenters. The Morgan fingerprint density at radius 2 is 1.95 bits per heavy atom. The third-order valence-electron chi connectivity index (χ3n) is 3.43. The minimum absolute atomic E-state index is 0.688. The average molecular weight is 282 g/mol. The van der Waals surface area contributed by atoms with E-state index in [1.807, 2.05) is 37.3 Å². The first-order valence-electron chi connectivity index (χ1n) is 7.23. The third kappa shape index (κ3) is 2.59. The fourth-order valence-electron chi connectivity index (χ4n) is 2.30. The first-order valence-corrected chi connectivity index (χ1v) is 7.23. The molecule has 3 rings (SSSR count). The van der Waals surface area contributed by atoms with E-state index in [0.717, 1.165) is 47.5 Å². The minimum atomic E-state index is 0.688. The molecule has 0 aliphatic heterocycles. The van der Waals surface area contributed by atoms with Crippen LogP contribution in [0.4, 0.5) is 5.82 Å². The molecular weight excluding hydrogens is 264 g/mol. The van der Waals surface area contributed by atoms with Crippen LogP contribution in [0.1, 0.15) is 25.5 Å². The molecule has 0 bridgehead atoms. The Morgan fingerprint density at radius 1 is 1.14 bits per heavy atom. The monoisotopic (exact) mass is 282 g/mol. The molecule has 2 heterocycles. The fourth-order valence-corrected chi connectivity index (χ4v) is 2.30. The summed E-state index contributed by atoms with van der Waals surface area (Å²) in [4.78, 5) is 0. The Morgan fingerprint density at radius 3 is 2.71 bits per heavy atom. The molecule has 108 valence electrons. The summed E-state index contributed by atoms with van der Waals surface area (Å²) >= 11 is 0. The molecule has 0 amide bonds.